The second-order valence-corrected chi connectivity index (χ2v) is 19.1. The summed E-state index contributed by atoms with van der Waals surface area (Å²) in [6.45, 7) is 0. The number of ether oxygens (including phenoxy) is 1. The van der Waals surface area contributed by atoms with Crippen molar-refractivity contribution in [3.8, 4) is 28.3 Å². The SMILES string of the molecule is c1ccc2c(c1)-c1ccccc1[Si]21c2ccc3c4c2-n2c5c1cccc5c1ccc[n+](c12)[N+]41c2c(ccc4c5cccc6c7ccc[n+]1c7n(c24)c56)O3. The summed E-state index contributed by atoms with van der Waals surface area (Å²) in [7, 11) is -2.84. The number of benzene rings is 6. The summed E-state index contributed by atoms with van der Waals surface area (Å²) in [5.74, 6) is 1.80. The van der Waals surface area contributed by atoms with Crippen LogP contribution < -0.4 is 39.5 Å². The molecule has 1 unspecified atom stereocenters. The van der Waals surface area contributed by atoms with Crippen molar-refractivity contribution >= 4 is 100 Å². The van der Waals surface area contributed by atoms with Crippen molar-refractivity contribution in [1.82, 2.24) is 13.7 Å². The van der Waals surface area contributed by atoms with Gasteiger partial charge in [0.1, 0.15) is 11.0 Å². The predicted octanol–water partition coefficient (Wildman–Crippen LogP) is 6.48. The van der Waals surface area contributed by atoms with E-state index in [4.69, 9.17) is 4.74 Å². The van der Waals surface area contributed by atoms with Gasteiger partial charge in [-0.1, -0.05) is 72.8 Å². The van der Waals surface area contributed by atoms with E-state index in [1.165, 1.54) is 103 Å². The molecule has 0 aliphatic carbocycles. The fourth-order valence-corrected chi connectivity index (χ4v) is 17.6. The number of hydrogen-bond acceptors (Lipinski definition) is 1. The van der Waals surface area contributed by atoms with Gasteiger partial charge >= 0.3 is 22.7 Å². The number of fused-ring (bicyclic) bond motifs is 10. The summed E-state index contributed by atoms with van der Waals surface area (Å²) < 4.78 is 17.8. The summed E-state index contributed by atoms with van der Waals surface area (Å²) in [5.41, 5.74) is 12.6. The molecule has 1 atom stereocenters. The molecule has 0 bridgehead atoms. The third-order valence-electron chi connectivity index (χ3n) is 13.6. The summed E-state index contributed by atoms with van der Waals surface area (Å²) in [6, 6.07) is 50.8. The van der Waals surface area contributed by atoms with Crippen LogP contribution >= 0.6 is 0 Å². The van der Waals surface area contributed by atoms with Crippen LogP contribution in [0.5, 0.6) is 11.5 Å². The maximum absolute atomic E-state index is 7.22. The van der Waals surface area contributed by atoms with Crippen molar-refractivity contribution in [2.45, 2.75) is 0 Å². The average Bonchev–Trinajstić information content (AvgIpc) is 3.93. The Balaban J connectivity index is 1.24. The highest BCUT2D eigenvalue weighted by Gasteiger charge is 2.69. The molecule has 6 nitrogen and oxygen atoms in total. The van der Waals surface area contributed by atoms with E-state index >= 15 is 0 Å². The van der Waals surface area contributed by atoms with E-state index in [0.717, 1.165) is 17.2 Å². The van der Waals surface area contributed by atoms with Crippen molar-refractivity contribution in [3.63, 3.8) is 0 Å². The Hall–Kier alpha value is -6.80. The van der Waals surface area contributed by atoms with Crippen LogP contribution in [0.2, 0.25) is 0 Å². The lowest BCUT2D eigenvalue weighted by molar-refractivity contribution is -1.02. The molecule has 2 spiro atoms. The van der Waals surface area contributed by atoms with Crippen molar-refractivity contribution < 1.29 is 14.1 Å². The Morgan fingerprint density at radius 3 is 1.83 bits per heavy atom. The molecule has 0 N–H and O–H groups in total. The molecule has 240 valence electrons. The number of aromatic nitrogens is 4. The second kappa shape index (κ2) is 7.54. The molecule has 11 aromatic rings. The van der Waals surface area contributed by atoms with Gasteiger partial charge in [-0.3, -0.25) is 0 Å². The van der Waals surface area contributed by atoms with E-state index in [0.29, 0.717) is 4.70 Å². The monoisotopic (exact) mass is 690 g/mol. The molecule has 7 heteroatoms. The first kappa shape index (κ1) is 25.2. The first-order valence-electron chi connectivity index (χ1n) is 18.4. The highest BCUT2D eigenvalue weighted by atomic mass is 28.3. The largest absolute Gasteiger partial charge is 0.444 e. The Morgan fingerprint density at radius 2 is 1.04 bits per heavy atom. The lowest BCUT2D eigenvalue weighted by atomic mass is 10.0. The van der Waals surface area contributed by atoms with Gasteiger partial charge < -0.3 is 4.74 Å². The zero-order valence-electron chi connectivity index (χ0n) is 28.0. The molecule has 10 heterocycles. The number of quaternary nitrogens is 1. The van der Waals surface area contributed by atoms with E-state index in [1.54, 1.807) is 0 Å². The molecule has 0 radical (unpaired) electrons. The number of nitrogens with zero attached hydrogens (tertiary/aromatic N) is 5. The minimum Gasteiger partial charge on any atom is -0.444 e. The van der Waals surface area contributed by atoms with Crippen LogP contribution in [-0.2, 0) is 0 Å². The molecule has 53 heavy (non-hydrogen) atoms. The van der Waals surface area contributed by atoms with Gasteiger partial charge in [-0.2, -0.15) is 8.97 Å². The molecule has 5 aromatic heterocycles. The third kappa shape index (κ3) is 2.17. The van der Waals surface area contributed by atoms with E-state index in [-0.39, 0.29) is 0 Å². The summed E-state index contributed by atoms with van der Waals surface area (Å²) in [6.07, 6.45) is 4.62. The molecule has 0 fully saturated rings. The van der Waals surface area contributed by atoms with Gasteiger partial charge in [0.15, 0.2) is 20.5 Å². The van der Waals surface area contributed by atoms with Crippen LogP contribution in [0.1, 0.15) is 0 Å². The van der Waals surface area contributed by atoms with Gasteiger partial charge in [0.25, 0.3) is 0 Å². The first-order chi connectivity index (χ1) is 26.3. The summed E-state index contributed by atoms with van der Waals surface area (Å²) >= 11 is 0. The number of hydrogen-bond donors (Lipinski definition) is 0. The normalized spacial score (nSPS) is 18.2. The topological polar surface area (TPSA) is 26.3 Å². The van der Waals surface area contributed by atoms with Gasteiger partial charge in [-0.25, -0.2) is 0 Å². The number of para-hydroxylation sites is 2. The number of rotatable bonds is 0. The molecule has 6 aromatic carbocycles. The quantitative estimate of drug-likeness (QED) is 0.102. The van der Waals surface area contributed by atoms with Gasteiger partial charge in [0, 0.05) is 31.9 Å². The molecule has 0 amide bonds. The lowest BCUT2D eigenvalue weighted by Gasteiger charge is -2.41. The van der Waals surface area contributed by atoms with Crippen LogP contribution in [0.3, 0.4) is 0 Å². The first-order valence-corrected chi connectivity index (χ1v) is 20.4. The lowest BCUT2D eigenvalue weighted by Crippen LogP contribution is -2.87. The standard InChI is InChI=1S/C46H24N5OSi/c1-3-16-35-25(9-1)26-10-2-4-17-36(26)53(35)37-18-6-13-29-32-15-8-24-48-46(32)50(40(29)37)42-38(53)22-21-34-44(42)51(48)43-33(52-34)20-19-30-27-11-5-12-28-31-14-7-23-47(51)45(31)49(39(27)28)41(30)43/h1-24H/q+3. The molecule has 16 rings (SSSR count). The Labute approximate surface area is 301 Å². The molecule has 5 aliphatic heterocycles. The van der Waals surface area contributed by atoms with Crippen LogP contribution in [-0.4, -0.2) is 17.0 Å². The van der Waals surface area contributed by atoms with Gasteiger partial charge in [0.2, 0.25) is 22.7 Å². The fraction of sp³-hybridized carbons (Fsp3) is 0. The second-order valence-electron chi connectivity index (χ2n) is 15.4. The molecular formula is C46H24N5OSi+3. The predicted molar refractivity (Wildman–Crippen MR) is 211 cm³/mol. The van der Waals surface area contributed by atoms with Crippen LogP contribution in [0, 0.1) is 0 Å². The van der Waals surface area contributed by atoms with Crippen molar-refractivity contribution in [1.29, 1.82) is 0 Å². The van der Waals surface area contributed by atoms with Crippen LogP contribution in [0.4, 0.5) is 11.4 Å². The zero-order valence-corrected chi connectivity index (χ0v) is 29.0. The van der Waals surface area contributed by atoms with Crippen molar-refractivity contribution in [3.05, 3.63) is 146 Å². The molecule has 0 saturated heterocycles. The highest BCUT2D eigenvalue weighted by molar-refractivity contribution is 7.23. The molecular weight excluding hydrogens is 667 g/mol. The molecule has 0 saturated carbocycles. The Bertz CT molecular complexity index is 3640. The third-order valence-corrected chi connectivity index (χ3v) is 18.5. The minimum atomic E-state index is -2.84. The van der Waals surface area contributed by atoms with E-state index < -0.39 is 8.07 Å². The summed E-state index contributed by atoms with van der Waals surface area (Å²) in [5, 5.41) is 13.5. The maximum Gasteiger partial charge on any atom is 0.350 e. The van der Waals surface area contributed by atoms with Crippen LogP contribution in [0.25, 0.3) is 77.0 Å². The minimum absolute atomic E-state index is 0.352. The average molecular weight is 691 g/mol. The zero-order chi connectivity index (χ0) is 33.7. The molecule has 5 aliphatic rings. The maximum atomic E-state index is 7.22. The smallest absolute Gasteiger partial charge is 0.350 e. The van der Waals surface area contributed by atoms with Gasteiger partial charge in [-0.05, 0) is 91.5 Å². The van der Waals surface area contributed by atoms with Crippen molar-refractivity contribution in [2.75, 3.05) is 0 Å². The van der Waals surface area contributed by atoms with Gasteiger partial charge in [0.05, 0.1) is 15.5 Å². The van der Waals surface area contributed by atoms with E-state index in [9.17, 15) is 0 Å². The van der Waals surface area contributed by atoms with Crippen LogP contribution in [0.15, 0.2) is 146 Å². The Morgan fingerprint density at radius 1 is 0.453 bits per heavy atom. The Kier molecular flexibility index (Phi) is 3.59. The highest BCUT2D eigenvalue weighted by Crippen LogP contribution is 2.59. The van der Waals surface area contributed by atoms with Gasteiger partial charge in [-0.15, -0.1) is 0 Å². The fourth-order valence-electron chi connectivity index (χ4n) is 12.1. The van der Waals surface area contributed by atoms with E-state index in [2.05, 4.69) is 164 Å². The summed E-state index contributed by atoms with van der Waals surface area (Å²) in [4.78, 5) is 0. The number of pyridine rings is 2. The van der Waals surface area contributed by atoms with E-state index in [1.807, 2.05) is 0 Å². The van der Waals surface area contributed by atoms with Crippen molar-refractivity contribution in [2.24, 2.45) is 0 Å².